The Labute approximate surface area is 154 Å². The summed E-state index contributed by atoms with van der Waals surface area (Å²) in [5.74, 6) is 1.09. The van der Waals surface area contributed by atoms with Gasteiger partial charge in [0.05, 0.1) is 16.9 Å². The Hall–Kier alpha value is -2.18. The average molecular weight is 355 g/mol. The number of phenolic OH excluding ortho intramolecular Hbond substituents is 1. The number of aliphatic imine (C=N–C) groups is 1. The summed E-state index contributed by atoms with van der Waals surface area (Å²) in [5.41, 5.74) is 9.59. The molecule has 1 heterocycles. The second-order valence-corrected chi connectivity index (χ2v) is 7.26. The molecule has 0 spiro atoms. The normalized spacial score (nSPS) is 16.9. The summed E-state index contributed by atoms with van der Waals surface area (Å²) in [6.07, 6.45) is 4.81. The van der Waals surface area contributed by atoms with Gasteiger partial charge < -0.3 is 25.7 Å². The van der Waals surface area contributed by atoms with E-state index in [0.29, 0.717) is 12.3 Å². The summed E-state index contributed by atoms with van der Waals surface area (Å²) in [6.45, 7) is 2.18. The standard InChI is InChI=1S/C20H29N5O/c1-24(2)10-5-11-25-19-9-8-14(26)12-15(19)16(13-21)20(25)23-18-7-4-3-6-17(18)22/h8-9,12,22,26H,3-7,10-11,13,21H2,1-2H3. The molecule has 1 aromatic heterocycles. The van der Waals surface area contributed by atoms with E-state index in [2.05, 4.69) is 23.6 Å². The first kappa shape index (κ1) is 18.6. The second-order valence-electron chi connectivity index (χ2n) is 7.26. The van der Waals surface area contributed by atoms with Crippen molar-refractivity contribution in [2.24, 2.45) is 10.7 Å². The van der Waals surface area contributed by atoms with Gasteiger partial charge in [0.2, 0.25) is 0 Å². The predicted octanol–water partition coefficient (Wildman–Crippen LogP) is 3.42. The molecule has 0 unspecified atom stereocenters. The molecule has 2 aromatic rings. The highest BCUT2D eigenvalue weighted by molar-refractivity contribution is 6.42. The third-order valence-electron chi connectivity index (χ3n) is 4.99. The zero-order valence-electron chi connectivity index (χ0n) is 15.8. The molecular formula is C20H29N5O. The van der Waals surface area contributed by atoms with Crippen LogP contribution in [0, 0.1) is 5.41 Å². The summed E-state index contributed by atoms with van der Waals surface area (Å²) in [6, 6.07) is 5.43. The fraction of sp³-hybridized carbons (Fsp3) is 0.500. The lowest BCUT2D eigenvalue weighted by Gasteiger charge is -2.16. The van der Waals surface area contributed by atoms with Crippen molar-refractivity contribution in [1.29, 1.82) is 5.41 Å². The molecule has 0 amide bonds. The Bertz CT molecular complexity index is 834. The minimum Gasteiger partial charge on any atom is -0.508 e. The van der Waals surface area contributed by atoms with Crippen LogP contribution in [-0.2, 0) is 13.1 Å². The van der Waals surface area contributed by atoms with E-state index >= 15 is 0 Å². The number of nitrogens with one attached hydrogen (secondary N) is 1. The number of hydrogen-bond donors (Lipinski definition) is 3. The van der Waals surface area contributed by atoms with Gasteiger partial charge in [-0.25, -0.2) is 4.99 Å². The van der Waals surface area contributed by atoms with Gasteiger partial charge in [-0.05, 0) is 70.9 Å². The second kappa shape index (κ2) is 8.01. The van der Waals surface area contributed by atoms with E-state index in [4.69, 9.17) is 16.1 Å². The Morgan fingerprint density at radius 3 is 2.73 bits per heavy atom. The van der Waals surface area contributed by atoms with Gasteiger partial charge >= 0.3 is 0 Å². The molecule has 0 saturated heterocycles. The maximum atomic E-state index is 9.94. The lowest BCUT2D eigenvalue weighted by molar-refractivity contribution is 0.388. The maximum Gasteiger partial charge on any atom is 0.138 e. The van der Waals surface area contributed by atoms with Crippen molar-refractivity contribution in [1.82, 2.24) is 9.47 Å². The van der Waals surface area contributed by atoms with Crippen molar-refractivity contribution < 1.29 is 5.11 Å². The number of phenols is 1. The SMILES string of the molecule is CN(C)CCCn1c(N=C2CCCCC2=N)c(CN)c2cc(O)ccc21. The summed E-state index contributed by atoms with van der Waals surface area (Å²) in [4.78, 5) is 7.08. The molecule has 26 heavy (non-hydrogen) atoms. The predicted molar refractivity (Wildman–Crippen MR) is 108 cm³/mol. The number of benzene rings is 1. The molecule has 1 aliphatic rings. The van der Waals surface area contributed by atoms with Crippen LogP contribution in [0.25, 0.3) is 10.9 Å². The Morgan fingerprint density at radius 2 is 2.04 bits per heavy atom. The van der Waals surface area contributed by atoms with Gasteiger partial charge in [0.1, 0.15) is 11.6 Å². The van der Waals surface area contributed by atoms with Gasteiger partial charge in [-0.2, -0.15) is 0 Å². The highest BCUT2D eigenvalue weighted by Gasteiger charge is 2.19. The molecule has 0 bridgehead atoms. The number of aromatic nitrogens is 1. The van der Waals surface area contributed by atoms with Crippen LogP contribution in [0.3, 0.4) is 0 Å². The third-order valence-corrected chi connectivity index (χ3v) is 4.99. The zero-order chi connectivity index (χ0) is 18.7. The number of nitrogens with two attached hydrogens (primary N) is 1. The lowest BCUT2D eigenvalue weighted by Crippen LogP contribution is -2.18. The van der Waals surface area contributed by atoms with Gasteiger partial charge in [0.15, 0.2) is 0 Å². The van der Waals surface area contributed by atoms with Crippen molar-refractivity contribution in [3.8, 4) is 5.75 Å². The molecule has 1 aromatic carbocycles. The molecule has 4 N–H and O–H groups in total. The molecule has 6 nitrogen and oxygen atoms in total. The van der Waals surface area contributed by atoms with Gasteiger partial charge in [0.25, 0.3) is 0 Å². The fourth-order valence-electron chi connectivity index (χ4n) is 3.64. The number of aryl methyl sites for hydroxylation is 1. The van der Waals surface area contributed by atoms with Crippen LogP contribution >= 0.6 is 0 Å². The highest BCUT2D eigenvalue weighted by Crippen LogP contribution is 2.35. The first-order valence-electron chi connectivity index (χ1n) is 9.35. The Morgan fingerprint density at radius 1 is 1.27 bits per heavy atom. The third kappa shape index (κ3) is 3.81. The van der Waals surface area contributed by atoms with E-state index in [-0.39, 0.29) is 5.75 Å². The molecule has 1 aliphatic carbocycles. The number of fused-ring (bicyclic) bond motifs is 1. The van der Waals surface area contributed by atoms with E-state index in [1.807, 2.05) is 6.07 Å². The van der Waals surface area contributed by atoms with Gasteiger partial charge in [0, 0.05) is 24.0 Å². The molecule has 140 valence electrons. The van der Waals surface area contributed by atoms with E-state index in [9.17, 15) is 5.11 Å². The van der Waals surface area contributed by atoms with Gasteiger partial charge in [-0.3, -0.25) is 0 Å². The van der Waals surface area contributed by atoms with Crippen molar-refractivity contribution in [3.63, 3.8) is 0 Å². The smallest absolute Gasteiger partial charge is 0.138 e. The molecular weight excluding hydrogens is 326 g/mol. The Kier molecular flexibility index (Phi) is 5.74. The van der Waals surface area contributed by atoms with Crippen molar-refractivity contribution >= 4 is 28.1 Å². The molecule has 0 radical (unpaired) electrons. The topological polar surface area (TPSA) is 90.6 Å². The molecule has 6 heteroatoms. The average Bonchev–Trinajstić information content (AvgIpc) is 2.88. The molecule has 3 rings (SSSR count). The van der Waals surface area contributed by atoms with Crippen LogP contribution in [-0.4, -0.2) is 46.6 Å². The van der Waals surface area contributed by atoms with Gasteiger partial charge in [-0.1, -0.05) is 0 Å². The van der Waals surface area contributed by atoms with E-state index in [1.165, 1.54) is 0 Å². The van der Waals surface area contributed by atoms with Crippen LogP contribution in [0.5, 0.6) is 5.75 Å². The zero-order valence-corrected chi connectivity index (χ0v) is 15.8. The summed E-state index contributed by atoms with van der Waals surface area (Å²) in [5, 5.41) is 19.1. The quantitative estimate of drug-likeness (QED) is 0.741. The largest absolute Gasteiger partial charge is 0.508 e. The first-order chi connectivity index (χ1) is 12.5. The van der Waals surface area contributed by atoms with Crippen molar-refractivity contribution in [2.75, 3.05) is 20.6 Å². The monoisotopic (exact) mass is 355 g/mol. The number of nitrogens with zero attached hydrogens (tertiary/aromatic N) is 3. The molecule has 1 saturated carbocycles. The van der Waals surface area contributed by atoms with E-state index in [1.54, 1.807) is 12.1 Å². The van der Waals surface area contributed by atoms with Crippen LogP contribution in [0.15, 0.2) is 23.2 Å². The molecule has 0 aliphatic heterocycles. The van der Waals surface area contributed by atoms with E-state index in [0.717, 1.165) is 73.2 Å². The minimum atomic E-state index is 0.238. The van der Waals surface area contributed by atoms with Crippen molar-refractivity contribution in [2.45, 2.75) is 45.2 Å². The number of hydrogen-bond acceptors (Lipinski definition) is 5. The molecule has 0 atom stereocenters. The molecule has 1 fully saturated rings. The highest BCUT2D eigenvalue weighted by atomic mass is 16.3. The number of aromatic hydroxyl groups is 1. The van der Waals surface area contributed by atoms with Gasteiger partial charge in [-0.15, -0.1) is 0 Å². The number of rotatable bonds is 6. The minimum absolute atomic E-state index is 0.238. The van der Waals surface area contributed by atoms with Crippen LogP contribution in [0.1, 0.15) is 37.7 Å². The maximum absolute atomic E-state index is 9.94. The first-order valence-corrected chi connectivity index (χ1v) is 9.35. The van der Waals surface area contributed by atoms with Crippen LogP contribution < -0.4 is 5.73 Å². The summed E-state index contributed by atoms with van der Waals surface area (Å²) >= 11 is 0. The Balaban J connectivity index is 2.11. The summed E-state index contributed by atoms with van der Waals surface area (Å²) < 4.78 is 2.20. The van der Waals surface area contributed by atoms with Crippen LogP contribution in [0.2, 0.25) is 0 Å². The van der Waals surface area contributed by atoms with Crippen molar-refractivity contribution in [3.05, 3.63) is 23.8 Å². The van der Waals surface area contributed by atoms with E-state index < -0.39 is 0 Å². The summed E-state index contributed by atoms with van der Waals surface area (Å²) in [7, 11) is 4.14. The fourth-order valence-corrected chi connectivity index (χ4v) is 3.64. The lowest BCUT2D eigenvalue weighted by atomic mass is 9.96. The van der Waals surface area contributed by atoms with Crippen LogP contribution in [0.4, 0.5) is 5.82 Å².